The van der Waals surface area contributed by atoms with E-state index in [2.05, 4.69) is 0 Å². The zero-order valence-corrected chi connectivity index (χ0v) is 22.3. The molecule has 0 aliphatic carbocycles. The molecule has 0 aliphatic heterocycles. The minimum atomic E-state index is -4.77. The second-order valence-corrected chi connectivity index (χ2v) is 9.72. The number of alkyl halides is 6. The number of hydrogen-bond donors (Lipinski definition) is 1. The molecule has 0 heterocycles. The van der Waals surface area contributed by atoms with Gasteiger partial charge in [0.15, 0.2) is 0 Å². The number of aliphatic hydroxyl groups is 1. The second-order valence-electron chi connectivity index (χ2n) is 8.94. The van der Waals surface area contributed by atoms with Crippen LogP contribution in [0.25, 0.3) is 0 Å². The smallest absolute Gasteiger partial charge is 0.416 e. The molecule has 3 nitrogen and oxygen atoms in total. The number of ether oxygens (including phenoxy) is 1. The summed E-state index contributed by atoms with van der Waals surface area (Å²) in [6.07, 6.45) is -11.2. The average Bonchev–Trinajstić information content (AvgIpc) is 2.91. The van der Waals surface area contributed by atoms with Crippen LogP contribution in [0.2, 0.25) is 10.0 Å². The van der Waals surface area contributed by atoms with E-state index in [1.165, 1.54) is 35.2 Å². The van der Waals surface area contributed by atoms with Crippen molar-refractivity contribution in [3.63, 3.8) is 0 Å². The molecule has 1 N–H and O–H groups in total. The van der Waals surface area contributed by atoms with Crippen LogP contribution in [0, 0.1) is 5.82 Å². The van der Waals surface area contributed by atoms with Crippen molar-refractivity contribution < 1.29 is 40.6 Å². The largest absolute Gasteiger partial charge is 0.456 e. The van der Waals surface area contributed by atoms with Crippen LogP contribution in [0.1, 0.15) is 28.4 Å². The van der Waals surface area contributed by atoms with Gasteiger partial charge in [-0.3, -0.25) is 0 Å². The first-order valence-electron chi connectivity index (χ1n) is 11.9. The highest BCUT2D eigenvalue weighted by Crippen LogP contribution is 2.38. The summed E-state index contributed by atoms with van der Waals surface area (Å²) in [6.45, 7) is -0.870. The fourth-order valence-electron chi connectivity index (χ4n) is 4.11. The molecule has 1 atom stereocenters. The molecule has 0 amide bonds. The standard InChI is InChI=1S/C29H20Cl2F7NO2/c30-23-9-4-10-26(27(23)31)41-20-6-3-5-19(14-20)39(15-17-11-12-18(13-24(17)32)28(33,34)35)16-25(40)21-7-1-2-8-22(21)29(36,37)38/h1-14,25,40H,15-16H2. The molecular formula is C29H20Cl2F7NO2. The minimum absolute atomic E-state index is 0.127. The minimum Gasteiger partial charge on any atom is -0.456 e. The Kier molecular flexibility index (Phi) is 9.06. The monoisotopic (exact) mass is 617 g/mol. The lowest BCUT2D eigenvalue weighted by atomic mass is 10.0. The fourth-order valence-corrected chi connectivity index (χ4v) is 4.44. The Labute approximate surface area is 240 Å². The van der Waals surface area contributed by atoms with E-state index in [-0.39, 0.29) is 32.8 Å². The van der Waals surface area contributed by atoms with Crippen molar-refractivity contribution in [2.45, 2.75) is 25.0 Å². The van der Waals surface area contributed by atoms with Crippen molar-refractivity contribution in [3.8, 4) is 11.5 Å². The molecule has 1 unspecified atom stereocenters. The van der Waals surface area contributed by atoms with E-state index in [4.69, 9.17) is 27.9 Å². The molecule has 4 aromatic carbocycles. The van der Waals surface area contributed by atoms with Gasteiger partial charge in [0, 0.05) is 30.4 Å². The lowest BCUT2D eigenvalue weighted by Gasteiger charge is -2.29. The molecule has 216 valence electrons. The second kappa shape index (κ2) is 12.2. The fraction of sp³-hybridized carbons (Fsp3) is 0.172. The summed E-state index contributed by atoms with van der Waals surface area (Å²) in [5.41, 5.74) is -2.59. The van der Waals surface area contributed by atoms with E-state index >= 15 is 0 Å². The predicted molar refractivity (Wildman–Crippen MR) is 142 cm³/mol. The molecule has 0 bridgehead atoms. The van der Waals surface area contributed by atoms with E-state index in [0.29, 0.717) is 12.1 Å². The van der Waals surface area contributed by atoms with E-state index in [9.17, 15) is 35.8 Å². The van der Waals surface area contributed by atoms with Gasteiger partial charge in [-0.05, 0) is 48.0 Å². The van der Waals surface area contributed by atoms with Crippen molar-refractivity contribution >= 4 is 28.9 Å². The topological polar surface area (TPSA) is 32.7 Å². The van der Waals surface area contributed by atoms with Crippen molar-refractivity contribution in [1.82, 2.24) is 0 Å². The highest BCUT2D eigenvalue weighted by molar-refractivity contribution is 6.42. The normalized spacial score (nSPS) is 12.7. The highest BCUT2D eigenvalue weighted by Gasteiger charge is 2.35. The number of aliphatic hydroxyl groups excluding tert-OH is 1. The lowest BCUT2D eigenvalue weighted by Crippen LogP contribution is -2.29. The van der Waals surface area contributed by atoms with Crippen LogP contribution in [0.15, 0.2) is 84.9 Å². The van der Waals surface area contributed by atoms with Gasteiger partial charge in [0.1, 0.15) is 22.3 Å². The Balaban J connectivity index is 1.71. The van der Waals surface area contributed by atoms with Gasteiger partial charge in [-0.2, -0.15) is 26.3 Å². The van der Waals surface area contributed by atoms with Crippen LogP contribution in [0.4, 0.5) is 36.4 Å². The Hall–Kier alpha value is -3.47. The van der Waals surface area contributed by atoms with Gasteiger partial charge in [-0.1, -0.05) is 59.6 Å². The van der Waals surface area contributed by atoms with Crippen molar-refractivity contribution in [3.05, 3.63) is 123 Å². The number of anilines is 1. The van der Waals surface area contributed by atoms with E-state index in [0.717, 1.165) is 18.2 Å². The predicted octanol–water partition coefficient (Wildman–Crippen LogP) is 9.70. The molecule has 0 saturated heterocycles. The molecule has 0 aliphatic rings. The first kappa shape index (κ1) is 30.5. The Morgan fingerprint density at radius 2 is 1.51 bits per heavy atom. The molecular weight excluding hydrogens is 598 g/mol. The maximum Gasteiger partial charge on any atom is 0.416 e. The third-order valence-electron chi connectivity index (χ3n) is 6.09. The SMILES string of the molecule is OC(CN(Cc1ccc(C(F)(F)F)cc1F)c1cccc(Oc2cccc(Cl)c2Cl)c1)c1ccccc1C(F)(F)F. The summed E-state index contributed by atoms with van der Waals surface area (Å²) in [6, 6.07) is 17.2. The third-order valence-corrected chi connectivity index (χ3v) is 6.89. The third kappa shape index (κ3) is 7.44. The zero-order chi connectivity index (χ0) is 29.9. The van der Waals surface area contributed by atoms with Gasteiger partial charge in [-0.25, -0.2) is 4.39 Å². The maximum absolute atomic E-state index is 14.8. The molecule has 0 radical (unpaired) electrons. The van der Waals surface area contributed by atoms with Crippen LogP contribution in [-0.4, -0.2) is 11.7 Å². The van der Waals surface area contributed by atoms with Crippen molar-refractivity contribution in [1.29, 1.82) is 0 Å². The molecule has 41 heavy (non-hydrogen) atoms. The summed E-state index contributed by atoms with van der Waals surface area (Å²) >= 11 is 12.2. The molecule has 0 fully saturated rings. The summed E-state index contributed by atoms with van der Waals surface area (Å²) in [5, 5.41) is 11.3. The van der Waals surface area contributed by atoms with Crippen LogP contribution in [-0.2, 0) is 18.9 Å². The van der Waals surface area contributed by atoms with Crippen LogP contribution in [0.5, 0.6) is 11.5 Å². The van der Waals surface area contributed by atoms with Crippen LogP contribution in [0.3, 0.4) is 0 Å². The highest BCUT2D eigenvalue weighted by atomic mass is 35.5. The van der Waals surface area contributed by atoms with E-state index in [1.54, 1.807) is 24.3 Å². The van der Waals surface area contributed by atoms with Gasteiger partial charge in [0.25, 0.3) is 0 Å². The van der Waals surface area contributed by atoms with E-state index < -0.39 is 54.1 Å². The van der Waals surface area contributed by atoms with Gasteiger partial charge < -0.3 is 14.7 Å². The quantitative estimate of drug-likeness (QED) is 0.200. The van der Waals surface area contributed by atoms with Crippen molar-refractivity contribution in [2.24, 2.45) is 0 Å². The van der Waals surface area contributed by atoms with E-state index in [1.807, 2.05) is 0 Å². The van der Waals surface area contributed by atoms with Gasteiger partial charge in [0.05, 0.1) is 22.3 Å². The zero-order valence-electron chi connectivity index (χ0n) is 20.8. The molecule has 0 saturated carbocycles. The lowest BCUT2D eigenvalue weighted by molar-refractivity contribution is -0.139. The molecule has 12 heteroatoms. The van der Waals surface area contributed by atoms with Gasteiger partial charge in [0.2, 0.25) is 0 Å². The first-order valence-corrected chi connectivity index (χ1v) is 12.7. The Morgan fingerprint density at radius 3 is 2.20 bits per heavy atom. The summed E-state index contributed by atoms with van der Waals surface area (Å²) in [5.74, 6) is -0.751. The summed E-state index contributed by atoms with van der Waals surface area (Å²) < 4.78 is 101. The molecule has 0 aromatic heterocycles. The number of benzene rings is 4. The van der Waals surface area contributed by atoms with Crippen LogP contribution >= 0.6 is 23.2 Å². The maximum atomic E-state index is 14.8. The molecule has 4 aromatic rings. The number of nitrogens with zero attached hydrogens (tertiary/aromatic N) is 1. The molecule has 0 spiro atoms. The van der Waals surface area contributed by atoms with Gasteiger partial charge in [-0.15, -0.1) is 0 Å². The van der Waals surface area contributed by atoms with Gasteiger partial charge >= 0.3 is 12.4 Å². The van der Waals surface area contributed by atoms with Crippen molar-refractivity contribution in [2.75, 3.05) is 11.4 Å². The average molecular weight is 618 g/mol. The Bertz CT molecular complexity index is 1530. The summed E-state index contributed by atoms with van der Waals surface area (Å²) in [4.78, 5) is 1.33. The number of hydrogen-bond acceptors (Lipinski definition) is 3. The van der Waals surface area contributed by atoms with Crippen LogP contribution < -0.4 is 9.64 Å². The first-order chi connectivity index (χ1) is 19.2. The number of rotatable bonds is 8. The molecule has 4 rings (SSSR count). The Morgan fingerprint density at radius 1 is 0.805 bits per heavy atom. The summed E-state index contributed by atoms with van der Waals surface area (Å²) in [7, 11) is 0. The number of halogens is 9.